The van der Waals surface area contributed by atoms with E-state index in [0.717, 1.165) is 17.7 Å². The molecule has 1 fully saturated rings. The van der Waals surface area contributed by atoms with Crippen LogP contribution in [-0.2, 0) is 23.9 Å². The van der Waals surface area contributed by atoms with E-state index >= 15 is 0 Å². The molecule has 0 bridgehead atoms. The fourth-order valence-corrected chi connectivity index (χ4v) is 3.61. The molecular formula is C22H25F3N2O3. The van der Waals surface area contributed by atoms with Crippen molar-refractivity contribution in [1.82, 2.24) is 10.2 Å². The van der Waals surface area contributed by atoms with Crippen molar-refractivity contribution in [3.63, 3.8) is 0 Å². The molecular weight excluding hydrogens is 397 g/mol. The van der Waals surface area contributed by atoms with Crippen LogP contribution in [0.2, 0.25) is 0 Å². The molecule has 2 aromatic rings. The highest BCUT2D eigenvalue weighted by atomic mass is 19.4. The van der Waals surface area contributed by atoms with E-state index in [2.05, 4.69) is 5.32 Å². The van der Waals surface area contributed by atoms with Gasteiger partial charge in [0.1, 0.15) is 5.60 Å². The van der Waals surface area contributed by atoms with E-state index in [0.29, 0.717) is 12.1 Å². The van der Waals surface area contributed by atoms with Gasteiger partial charge < -0.3 is 20.4 Å². The average Bonchev–Trinajstić information content (AvgIpc) is 2.70. The molecule has 162 valence electrons. The van der Waals surface area contributed by atoms with E-state index in [1.807, 2.05) is 30.3 Å². The summed E-state index contributed by atoms with van der Waals surface area (Å²) in [6, 6.07) is 14.2. The van der Waals surface area contributed by atoms with E-state index in [1.165, 1.54) is 11.0 Å². The third-order valence-electron chi connectivity index (χ3n) is 5.32. The Morgan fingerprint density at radius 3 is 2.53 bits per heavy atom. The Balaban J connectivity index is 1.58. The van der Waals surface area contributed by atoms with E-state index in [1.54, 1.807) is 6.07 Å². The SMILES string of the molecule is O=C(Cc1ccccc1)N1CC[C@H](O)[C@@](O)(CNCc2cccc(C(F)(F)F)c2)C1. The number of benzene rings is 2. The molecule has 1 aliphatic heterocycles. The summed E-state index contributed by atoms with van der Waals surface area (Å²) in [5, 5.41) is 24.1. The van der Waals surface area contributed by atoms with E-state index in [9.17, 15) is 28.2 Å². The van der Waals surface area contributed by atoms with Gasteiger partial charge in [0, 0.05) is 19.6 Å². The zero-order chi connectivity index (χ0) is 21.8. The Bertz CT molecular complexity index is 860. The smallest absolute Gasteiger partial charge is 0.390 e. The van der Waals surface area contributed by atoms with E-state index < -0.39 is 23.4 Å². The molecule has 30 heavy (non-hydrogen) atoms. The molecule has 0 unspecified atom stereocenters. The van der Waals surface area contributed by atoms with Gasteiger partial charge in [-0.2, -0.15) is 13.2 Å². The number of hydrogen-bond acceptors (Lipinski definition) is 4. The van der Waals surface area contributed by atoms with Gasteiger partial charge in [-0.3, -0.25) is 4.79 Å². The highest BCUT2D eigenvalue weighted by Crippen LogP contribution is 2.29. The number of halogens is 3. The minimum Gasteiger partial charge on any atom is -0.390 e. The highest BCUT2D eigenvalue weighted by Gasteiger charge is 2.42. The first-order valence-corrected chi connectivity index (χ1v) is 9.76. The number of aliphatic hydroxyl groups excluding tert-OH is 1. The zero-order valence-electron chi connectivity index (χ0n) is 16.4. The summed E-state index contributed by atoms with van der Waals surface area (Å²) in [6.07, 6.45) is -5.03. The number of piperidine rings is 1. The van der Waals surface area contributed by atoms with Crippen LogP contribution in [0.15, 0.2) is 54.6 Å². The molecule has 0 aromatic heterocycles. The Morgan fingerprint density at radius 2 is 1.83 bits per heavy atom. The van der Waals surface area contributed by atoms with Gasteiger partial charge >= 0.3 is 6.18 Å². The number of nitrogens with one attached hydrogen (secondary N) is 1. The lowest BCUT2D eigenvalue weighted by Gasteiger charge is -2.43. The van der Waals surface area contributed by atoms with E-state index in [4.69, 9.17) is 0 Å². The Labute approximate surface area is 173 Å². The van der Waals surface area contributed by atoms with Crippen LogP contribution in [0.3, 0.4) is 0 Å². The van der Waals surface area contributed by atoms with Crippen molar-refractivity contribution in [1.29, 1.82) is 0 Å². The van der Waals surface area contributed by atoms with Crippen molar-refractivity contribution in [3.8, 4) is 0 Å². The van der Waals surface area contributed by atoms with Gasteiger partial charge in [0.05, 0.1) is 24.6 Å². The van der Waals surface area contributed by atoms with Crippen LogP contribution in [0, 0.1) is 0 Å². The standard InChI is InChI=1S/C22H25F3N2O3/c23-22(24,25)18-8-4-7-17(11-18)13-26-14-21(30)15-27(10-9-19(21)28)20(29)12-16-5-2-1-3-6-16/h1-8,11,19,26,28,30H,9-10,12-15H2/t19-,21+/m0/s1. The Hall–Kier alpha value is -2.42. The molecule has 1 heterocycles. The number of aliphatic hydroxyl groups is 2. The number of carbonyl (C=O) groups excluding carboxylic acids is 1. The number of β-amino-alcohol motifs (C(OH)–C–C–N with tert-alkyl or cyclic N) is 1. The first-order chi connectivity index (χ1) is 14.2. The molecule has 0 spiro atoms. The first-order valence-electron chi connectivity index (χ1n) is 9.76. The molecule has 8 heteroatoms. The summed E-state index contributed by atoms with van der Waals surface area (Å²) < 4.78 is 38.5. The molecule has 3 N–H and O–H groups in total. The highest BCUT2D eigenvalue weighted by molar-refractivity contribution is 5.79. The minimum absolute atomic E-state index is 0.0462. The molecule has 0 saturated carbocycles. The lowest BCUT2D eigenvalue weighted by atomic mass is 9.89. The van der Waals surface area contributed by atoms with Crippen LogP contribution in [-0.4, -0.2) is 52.4 Å². The van der Waals surface area contributed by atoms with Crippen molar-refractivity contribution in [2.75, 3.05) is 19.6 Å². The molecule has 2 aromatic carbocycles. The fraction of sp³-hybridized carbons (Fsp3) is 0.409. The Morgan fingerprint density at radius 1 is 1.13 bits per heavy atom. The number of likely N-dealkylation sites (tertiary alicyclic amines) is 1. The third-order valence-corrected chi connectivity index (χ3v) is 5.32. The second-order valence-electron chi connectivity index (χ2n) is 7.69. The van der Waals surface area contributed by atoms with Gasteiger partial charge in [0.15, 0.2) is 0 Å². The molecule has 1 aliphatic rings. The number of carbonyl (C=O) groups is 1. The largest absolute Gasteiger partial charge is 0.416 e. The second-order valence-corrected chi connectivity index (χ2v) is 7.69. The summed E-state index contributed by atoms with van der Waals surface area (Å²) in [5.74, 6) is -0.149. The average molecular weight is 422 g/mol. The van der Waals surface area contributed by atoms with Gasteiger partial charge in [-0.15, -0.1) is 0 Å². The number of amides is 1. The van der Waals surface area contributed by atoms with Crippen molar-refractivity contribution < 1.29 is 28.2 Å². The third kappa shape index (κ3) is 5.59. The number of nitrogens with zero attached hydrogens (tertiary/aromatic N) is 1. The second kappa shape index (κ2) is 9.16. The molecule has 2 atom stereocenters. The van der Waals surface area contributed by atoms with Crippen LogP contribution in [0.4, 0.5) is 13.2 Å². The van der Waals surface area contributed by atoms with Gasteiger partial charge in [0.25, 0.3) is 0 Å². The summed E-state index contributed by atoms with van der Waals surface area (Å²) in [5.41, 5.74) is -1.04. The maximum atomic E-state index is 12.8. The van der Waals surface area contributed by atoms with Gasteiger partial charge in [-0.1, -0.05) is 48.5 Å². The maximum absolute atomic E-state index is 12.8. The lowest BCUT2D eigenvalue weighted by molar-refractivity contribution is -0.150. The summed E-state index contributed by atoms with van der Waals surface area (Å²) in [7, 11) is 0. The monoisotopic (exact) mass is 422 g/mol. The Kier molecular flexibility index (Phi) is 6.80. The van der Waals surface area contributed by atoms with Crippen molar-refractivity contribution >= 4 is 5.91 Å². The van der Waals surface area contributed by atoms with Gasteiger partial charge in [-0.05, 0) is 23.6 Å². The predicted molar refractivity (Wildman–Crippen MR) is 105 cm³/mol. The number of rotatable bonds is 6. The molecule has 5 nitrogen and oxygen atoms in total. The van der Waals surface area contributed by atoms with Crippen molar-refractivity contribution in [2.24, 2.45) is 0 Å². The quantitative estimate of drug-likeness (QED) is 0.669. The number of hydrogen-bond donors (Lipinski definition) is 3. The van der Waals surface area contributed by atoms with Crippen molar-refractivity contribution in [3.05, 3.63) is 71.3 Å². The molecule has 0 aliphatic carbocycles. The summed E-state index contributed by atoms with van der Waals surface area (Å²) in [6.45, 7) is 0.328. The summed E-state index contributed by atoms with van der Waals surface area (Å²) in [4.78, 5) is 14.1. The maximum Gasteiger partial charge on any atom is 0.416 e. The first kappa shape index (κ1) is 22.3. The van der Waals surface area contributed by atoms with Crippen LogP contribution in [0.25, 0.3) is 0 Å². The van der Waals surface area contributed by atoms with Crippen LogP contribution in [0.5, 0.6) is 0 Å². The molecule has 0 radical (unpaired) electrons. The van der Waals surface area contributed by atoms with Gasteiger partial charge in [-0.25, -0.2) is 0 Å². The topological polar surface area (TPSA) is 72.8 Å². The van der Waals surface area contributed by atoms with Gasteiger partial charge in [0.2, 0.25) is 5.91 Å². The molecule has 1 saturated heterocycles. The summed E-state index contributed by atoms with van der Waals surface area (Å²) >= 11 is 0. The lowest BCUT2D eigenvalue weighted by Crippen LogP contribution is -2.62. The van der Waals surface area contributed by atoms with Crippen LogP contribution < -0.4 is 5.32 Å². The number of alkyl halides is 3. The minimum atomic E-state index is -4.42. The van der Waals surface area contributed by atoms with Crippen molar-refractivity contribution in [2.45, 2.75) is 37.3 Å². The zero-order valence-corrected chi connectivity index (χ0v) is 16.4. The van der Waals surface area contributed by atoms with Crippen LogP contribution in [0.1, 0.15) is 23.1 Å². The predicted octanol–water partition coefficient (Wildman–Crippen LogP) is 2.36. The normalized spacial score (nSPS) is 22.2. The molecule has 1 amide bonds. The van der Waals surface area contributed by atoms with Crippen LogP contribution >= 0.6 is 0 Å². The fourth-order valence-electron chi connectivity index (χ4n) is 3.61. The van der Waals surface area contributed by atoms with E-state index in [-0.39, 0.29) is 38.4 Å². The molecule has 3 rings (SSSR count).